The number of benzene rings is 1. The normalized spacial score (nSPS) is 16.8. The van der Waals surface area contributed by atoms with Crippen molar-refractivity contribution in [1.82, 2.24) is 4.90 Å². The Hall–Kier alpha value is -2.94. The highest BCUT2D eigenvalue weighted by Crippen LogP contribution is 2.31. The Balaban J connectivity index is 0.00000187. The van der Waals surface area contributed by atoms with Crippen molar-refractivity contribution in [2.45, 2.75) is 67.2 Å². The van der Waals surface area contributed by atoms with E-state index in [1.807, 2.05) is 45.1 Å². The van der Waals surface area contributed by atoms with E-state index in [9.17, 15) is 9.59 Å². The van der Waals surface area contributed by atoms with Crippen LogP contribution in [0.3, 0.4) is 0 Å². The second-order valence-electron chi connectivity index (χ2n) is 8.67. The van der Waals surface area contributed by atoms with E-state index in [4.69, 9.17) is 0 Å². The Morgan fingerprint density at radius 1 is 1.12 bits per heavy atom. The minimum atomic E-state index is -0.124. The van der Waals surface area contributed by atoms with E-state index >= 15 is 0 Å². The molecule has 0 spiro atoms. The van der Waals surface area contributed by atoms with Gasteiger partial charge in [0.25, 0.3) is 11.8 Å². The molecule has 1 aliphatic heterocycles. The first-order valence-corrected chi connectivity index (χ1v) is 12.2. The Bertz CT molecular complexity index is 988. The second kappa shape index (κ2) is 12.3. The summed E-state index contributed by atoms with van der Waals surface area (Å²) in [6, 6.07) is 6.51. The van der Waals surface area contributed by atoms with E-state index in [0.717, 1.165) is 42.4 Å². The van der Waals surface area contributed by atoms with Crippen molar-refractivity contribution >= 4 is 17.4 Å². The number of fused-ring (bicyclic) bond motifs is 1. The molecule has 1 saturated heterocycles. The fourth-order valence-corrected chi connectivity index (χ4v) is 4.13. The lowest BCUT2D eigenvalue weighted by molar-refractivity contribution is -0.137. The van der Waals surface area contributed by atoms with Crippen molar-refractivity contribution in [2.24, 2.45) is 5.92 Å². The van der Waals surface area contributed by atoms with Gasteiger partial charge in [0.1, 0.15) is 0 Å². The molecule has 0 saturated carbocycles. The minimum absolute atomic E-state index is 0.124. The van der Waals surface area contributed by atoms with Gasteiger partial charge < -0.3 is 0 Å². The number of allylic oxidation sites excluding steroid dienone is 7. The number of likely N-dealkylation sites (tertiary alicyclic amines) is 1. The van der Waals surface area contributed by atoms with E-state index in [-0.39, 0.29) is 17.7 Å². The topological polar surface area (TPSA) is 37.4 Å². The molecule has 1 heterocycles. The van der Waals surface area contributed by atoms with Crippen LogP contribution in [0.2, 0.25) is 0 Å². The molecular weight excluding hydrogens is 406 g/mol. The van der Waals surface area contributed by atoms with Gasteiger partial charge in [0.2, 0.25) is 0 Å². The Morgan fingerprint density at radius 2 is 1.73 bits per heavy atom. The van der Waals surface area contributed by atoms with Crippen molar-refractivity contribution in [1.29, 1.82) is 0 Å². The van der Waals surface area contributed by atoms with E-state index in [1.165, 1.54) is 16.0 Å². The van der Waals surface area contributed by atoms with Crippen LogP contribution in [0, 0.1) is 12.8 Å². The van der Waals surface area contributed by atoms with Crippen LogP contribution in [-0.2, 0) is 16.0 Å². The third-order valence-electron chi connectivity index (χ3n) is 6.22. The predicted octanol–water partition coefficient (Wildman–Crippen LogP) is 7.14. The maximum atomic E-state index is 12.6. The summed E-state index contributed by atoms with van der Waals surface area (Å²) in [5, 5.41) is 0. The number of hydrogen-bond acceptors (Lipinski definition) is 2. The van der Waals surface area contributed by atoms with Crippen LogP contribution in [0.5, 0.6) is 0 Å². The second-order valence-corrected chi connectivity index (χ2v) is 8.67. The number of rotatable bonds is 8. The standard InChI is InChI=1S/C28H33NO2.C2H6/c1-6-7-10-20(3)22(5)24-16-14-21(4)23(17-24)15-13-19(2)18-29-27(30)25-11-8-9-12-26(25)28(29)31;1-2/h6-7,10-12,14,16-17,19H,5,8-9,13,15,18H2,1-4H3;1-2H3/b7-6-,20-10-;. The zero-order valence-corrected chi connectivity index (χ0v) is 21.2. The van der Waals surface area contributed by atoms with Crippen LogP contribution in [-0.4, -0.2) is 23.3 Å². The fraction of sp³-hybridized carbons (Fsp3) is 0.400. The van der Waals surface area contributed by atoms with Gasteiger partial charge in [-0.15, -0.1) is 0 Å². The van der Waals surface area contributed by atoms with E-state index in [2.05, 4.69) is 51.6 Å². The van der Waals surface area contributed by atoms with Gasteiger partial charge in [-0.3, -0.25) is 14.5 Å². The summed E-state index contributed by atoms with van der Waals surface area (Å²) in [4.78, 5) is 26.7. The molecule has 0 N–H and O–H groups in total. The SMILES string of the molecule is C=C(/C(C)=C\C=C/C)c1ccc(C)c(CCC(C)CN2C(=O)C3=CCCC=C3C2=O)c1.CC. The average Bonchev–Trinajstić information content (AvgIpc) is 3.07. The van der Waals surface area contributed by atoms with Crippen LogP contribution in [0.4, 0.5) is 0 Å². The summed E-state index contributed by atoms with van der Waals surface area (Å²) >= 11 is 0. The molecule has 0 aromatic heterocycles. The molecule has 176 valence electrons. The van der Waals surface area contributed by atoms with E-state index in [0.29, 0.717) is 17.7 Å². The molecule has 2 amide bonds. The van der Waals surface area contributed by atoms with Crippen LogP contribution in [0.1, 0.15) is 70.6 Å². The Labute approximate surface area is 200 Å². The number of imide groups is 1. The zero-order chi connectivity index (χ0) is 24.5. The molecule has 3 nitrogen and oxygen atoms in total. The Kier molecular flexibility index (Phi) is 9.84. The summed E-state index contributed by atoms with van der Waals surface area (Å²) in [6.45, 7) is 17.1. The van der Waals surface area contributed by atoms with Crippen LogP contribution in [0.15, 0.2) is 71.9 Å². The van der Waals surface area contributed by atoms with Crippen LogP contribution < -0.4 is 0 Å². The fourth-order valence-electron chi connectivity index (χ4n) is 4.13. The van der Waals surface area contributed by atoms with Gasteiger partial charge in [0.15, 0.2) is 0 Å². The number of aryl methyl sites for hydroxylation is 2. The molecule has 1 unspecified atom stereocenters. The molecule has 0 bridgehead atoms. The highest BCUT2D eigenvalue weighted by Gasteiger charge is 2.39. The molecule has 0 radical (unpaired) electrons. The molecule has 1 fully saturated rings. The van der Waals surface area contributed by atoms with Gasteiger partial charge in [-0.05, 0) is 80.2 Å². The molecule has 2 aliphatic rings. The average molecular weight is 446 g/mol. The van der Waals surface area contributed by atoms with Crippen LogP contribution >= 0.6 is 0 Å². The first-order valence-electron chi connectivity index (χ1n) is 12.2. The van der Waals surface area contributed by atoms with Crippen molar-refractivity contribution in [3.63, 3.8) is 0 Å². The number of amides is 2. The summed E-state index contributed by atoms with van der Waals surface area (Å²) in [5.41, 5.74) is 7.08. The number of nitrogens with zero attached hydrogens (tertiary/aromatic N) is 1. The number of hydrogen-bond donors (Lipinski definition) is 0. The molecule has 1 aromatic rings. The third kappa shape index (κ3) is 6.31. The monoisotopic (exact) mass is 445 g/mol. The first-order chi connectivity index (χ1) is 15.8. The number of carbonyl (C=O) groups is 2. The minimum Gasteiger partial charge on any atom is -0.274 e. The van der Waals surface area contributed by atoms with Gasteiger partial charge in [-0.2, -0.15) is 0 Å². The zero-order valence-electron chi connectivity index (χ0n) is 21.2. The Morgan fingerprint density at radius 3 is 2.30 bits per heavy atom. The molecule has 3 heteroatoms. The molecule has 1 aromatic carbocycles. The highest BCUT2D eigenvalue weighted by atomic mass is 16.2. The summed E-state index contributed by atoms with van der Waals surface area (Å²) in [6.07, 6.45) is 13.4. The summed E-state index contributed by atoms with van der Waals surface area (Å²) in [5.74, 6) is -0.0156. The highest BCUT2D eigenvalue weighted by molar-refractivity contribution is 6.24. The number of carbonyl (C=O) groups excluding carboxylic acids is 2. The largest absolute Gasteiger partial charge is 0.274 e. The van der Waals surface area contributed by atoms with E-state index in [1.54, 1.807) is 0 Å². The smallest absolute Gasteiger partial charge is 0.261 e. The molecule has 1 aliphatic carbocycles. The predicted molar refractivity (Wildman–Crippen MR) is 140 cm³/mol. The summed E-state index contributed by atoms with van der Waals surface area (Å²) < 4.78 is 0. The van der Waals surface area contributed by atoms with Crippen molar-refractivity contribution in [3.05, 3.63) is 88.6 Å². The molecule has 33 heavy (non-hydrogen) atoms. The van der Waals surface area contributed by atoms with E-state index < -0.39 is 0 Å². The van der Waals surface area contributed by atoms with Gasteiger partial charge in [-0.1, -0.05) is 75.9 Å². The molecule has 1 atom stereocenters. The maximum absolute atomic E-state index is 12.6. The van der Waals surface area contributed by atoms with Crippen molar-refractivity contribution < 1.29 is 9.59 Å². The van der Waals surface area contributed by atoms with Crippen molar-refractivity contribution in [3.8, 4) is 0 Å². The van der Waals surface area contributed by atoms with Gasteiger partial charge in [-0.25, -0.2) is 0 Å². The van der Waals surface area contributed by atoms with Gasteiger partial charge in [0.05, 0.1) is 0 Å². The quantitative estimate of drug-likeness (QED) is 0.315. The van der Waals surface area contributed by atoms with Crippen LogP contribution in [0.25, 0.3) is 5.57 Å². The third-order valence-corrected chi connectivity index (χ3v) is 6.22. The lowest BCUT2D eigenvalue weighted by Gasteiger charge is -2.19. The maximum Gasteiger partial charge on any atom is 0.261 e. The molecule has 3 rings (SSSR count). The lowest BCUT2D eigenvalue weighted by Crippen LogP contribution is -2.33. The van der Waals surface area contributed by atoms with Gasteiger partial charge in [0, 0.05) is 17.7 Å². The summed E-state index contributed by atoms with van der Waals surface area (Å²) in [7, 11) is 0. The first kappa shape index (κ1) is 26.3. The van der Waals surface area contributed by atoms with Gasteiger partial charge >= 0.3 is 0 Å². The molecular formula is C30H39NO2. The van der Waals surface area contributed by atoms with Crippen molar-refractivity contribution in [2.75, 3.05) is 6.54 Å². The lowest BCUT2D eigenvalue weighted by atomic mass is 9.92.